The number of aryl methyl sites for hydroxylation is 1. The molecule has 0 aliphatic carbocycles. The summed E-state index contributed by atoms with van der Waals surface area (Å²) >= 11 is 0.921. The van der Waals surface area contributed by atoms with Gasteiger partial charge in [0, 0.05) is 26.6 Å². The summed E-state index contributed by atoms with van der Waals surface area (Å²) in [5.74, 6) is -2.29. The molecule has 1 aromatic heterocycles. The maximum absolute atomic E-state index is 13.6. The van der Waals surface area contributed by atoms with Crippen LogP contribution in [-0.2, 0) is 30.3 Å². The Labute approximate surface area is 248 Å². The first-order valence-corrected chi connectivity index (χ1v) is 14.6. The van der Waals surface area contributed by atoms with Crippen molar-refractivity contribution in [3.05, 3.63) is 47.3 Å². The molecule has 0 radical (unpaired) electrons. The molecule has 2 aromatic rings. The summed E-state index contributed by atoms with van der Waals surface area (Å²) in [5.41, 5.74) is 1.47. The third kappa shape index (κ3) is 7.88. The van der Waals surface area contributed by atoms with Gasteiger partial charge in [-0.1, -0.05) is 44.2 Å². The van der Waals surface area contributed by atoms with Crippen LogP contribution in [-0.4, -0.2) is 106 Å². The summed E-state index contributed by atoms with van der Waals surface area (Å²) in [7, 11) is 1.47. The second-order valence-corrected chi connectivity index (χ2v) is 11.6. The number of likely N-dealkylation sites (N-methyl/N-ethyl adjacent to an activating group) is 1. The molecule has 2 aliphatic heterocycles. The van der Waals surface area contributed by atoms with Crippen LogP contribution in [0.1, 0.15) is 42.0 Å². The van der Waals surface area contributed by atoms with Crippen LogP contribution >= 0.6 is 11.7 Å². The predicted octanol–water partition coefficient (Wildman–Crippen LogP) is -0.0973. The van der Waals surface area contributed by atoms with E-state index >= 15 is 0 Å². The van der Waals surface area contributed by atoms with Gasteiger partial charge in [-0.2, -0.15) is 8.75 Å². The van der Waals surface area contributed by atoms with Crippen LogP contribution in [0.4, 0.5) is 0 Å². The number of aromatic nitrogens is 2. The minimum Gasteiger partial charge on any atom is -0.360 e. The highest BCUT2D eigenvalue weighted by molar-refractivity contribution is 6.99. The number of benzene rings is 1. The van der Waals surface area contributed by atoms with E-state index in [-0.39, 0.29) is 44.2 Å². The number of hydrogen-bond acceptors (Lipinski definition) is 9. The monoisotopic (exact) mass is 599 g/mol. The second kappa shape index (κ2) is 13.8. The average molecular weight is 600 g/mol. The Morgan fingerprint density at radius 3 is 2.45 bits per heavy atom. The van der Waals surface area contributed by atoms with Crippen LogP contribution in [0.5, 0.6) is 0 Å². The molecule has 0 saturated carbocycles. The summed E-state index contributed by atoms with van der Waals surface area (Å²) in [6, 6.07) is 7.34. The van der Waals surface area contributed by atoms with Gasteiger partial charge in [-0.25, -0.2) is 0 Å². The first kappa shape index (κ1) is 31.0. The van der Waals surface area contributed by atoms with Crippen molar-refractivity contribution in [3.63, 3.8) is 0 Å². The normalized spacial score (nSPS) is 24.4. The molecule has 2 saturated heterocycles. The van der Waals surface area contributed by atoms with Gasteiger partial charge in [0.15, 0.2) is 11.8 Å². The average Bonchev–Trinajstić information content (AvgIpc) is 3.39. The van der Waals surface area contributed by atoms with Gasteiger partial charge in [0.2, 0.25) is 17.7 Å². The summed E-state index contributed by atoms with van der Waals surface area (Å²) in [6.07, 6.45) is -1.30. The summed E-state index contributed by atoms with van der Waals surface area (Å²) in [4.78, 5) is 69.3. The van der Waals surface area contributed by atoms with Crippen LogP contribution in [0, 0.1) is 12.8 Å². The molecule has 2 aliphatic rings. The fraction of sp³-hybridized carbons (Fsp3) is 0.536. The molecule has 2 fully saturated rings. The highest BCUT2D eigenvalue weighted by Gasteiger charge is 2.38. The molecule has 4 atom stereocenters. The minimum absolute atomic E-state index is 0.00255. The summed E-state index contributed by atoms with van der Waals surface area (Å²) in [5, 5.41) is 8.36. The Morgan fingerprint density at radius 1 is 1.05 bits per heavy atom. The third-order valence-corrected chi connectivity index (χ3v) is 7.74. The van der Waals surface area contributed by atoms with Crippen LogP contribution in [0.15, 0.2) is 30.3 Å². The first-order chi connectivity index (χ1) is 20.0. The van der Waals surface area contributed by atoms with Crippen molar-refractivity contribution in [3.8, 4) is 0 Å². The number of fused-ring (bicyclic) bond motifs is 2. The van der Waals surface area contributed by atoms with E-state index in [0.717, 1.165) is 17.3 Å². The summed E-state index contributed by atoms with van der Waals surface area (Å²) in [6.45, 7) is 5.26. The molecule has 13 nitrogen and oxygen atoms in total. The fourth-order valence-electron chi connectivity index (χ4n) is 4.99. The van der Waals surface area contributed by atoms with E-state index in [1.165, 1.54) is 16.8 Å². The molecule has 3 N–H and O–H groups in total. The van der Waals surface area contributed by atoms with Crippen molar-refractivity contribution in [2.24, 2.45) is 5.92 Å². The van der Waals surface area contributed by atoms with Crippen LogP contribution < -0.4 is 16.0 Å². The van der Waals surface area contributed by atoms with E-state index in [1.54, 1.807) is 6.92 Å². The van der Waals surface area contributed by atoms with Crippen LogP contribution in [0.2, 0.25) is 0 Å². The van der Waals surface area contributed by atoms with Gasteiger partial charge in [-0.05, 0) is 24.8 Å². The molecular formula is C28H37N7O6S. The molecule has 0 unspecified atom stereocenters. The number of carbonyl (C=O) groups excluding carboxylic acids is 5. The zero-order valence-corrected chi connectivity index (χ0v) is 25.0. The zero-order chi connectivity index (χ0) is 30.4. The number of hydrogen-bond donors (Lipinski definition) is 3. The van der Waals surface area contributed by atoms with Crippen molar-refractivity contribution in [2.45, 2.75) is 57.9 Å². The number of nitrogens with one attached hydrogen (secondary N) is 3. The molecule has 4 rings (SSSR count). The molecule has 2 bridgehead atoms. The van der Waals surface area contributed by atoms with Gasteiger partial charge >= 0.3 is 0 Å². The maximum Gasteiger partial charge on any atom is 0.275 e. The van der Waals surface area contributed by atoms with E-state index in [4.69, 9.17) is 4.74 Å². The molecule has 14 heteroatoms. The van der Waals surface area contributed by atoms with Crippen molar-refractivity contribution in [2.75, 3.05) is 33.2 Å². The zero-order valence-electron chi connectivity index (χ0n) is 24.2. The lowest BCUT2D eigenvalue weighted by Crippen LogP contribution is -2.59. The van der Waals surface area contributed by atoms with Gasteiger partial charge in [0.05, 0.1) is 36.6 Å². The highest BCUT2D eigenvalue weighted by Crippen LogP contribution is 2.18. The Hall–Kier alpha value is -3.91. The first-order valence-electron chi connectivity index (χ1n) is 13.9. The maximum atomic E-state index is 13.6. The summed E-state index contributed by atoms with van der Waals surface area (Å²) < 4.78 is 14.3. The molecule has 3 heterocycles. The van der Waals surface area contributed by atoms with Gasteiger partial charge in [0.25, 0.3) is 11.8 Å². The van der Waals surface area contributed by atoms with Crippen molar-refractivity contribution in [1.82, 2.24) is 34.5 Å². The highest BCUT2D eigenvalue weighted by atomic mass is 32.1. The van der Waals surface area contributed by atoms with Crippen molar-refractivity contribution >= 4 is 41.3 Å². The molecule has 5 amide bonds. The minimum atomic E-state index is -1.12. The number of morpholine rings is 1. The van der Waals surface area contributed by atoms with Gasteiger partial charge in [-0.3, -0.25) is 24.0 Å². The number of ether oxygens (including phenoxy) is 1. The lowest BCUT2D eigenvalue weighted by Gasteiger charge is -2.38. The van der Waals surface area contributed by atoms with Gasteiger partial charge in [-0.15, -0.1) is 0 Å². The SMILES string of the molecule is Cc1nsnc1C(=O)N1C[C@H]2CNC(=O)[C@H](CC(C)C)NC(=O)CN(C)C(=O)[C@@H](Cc3ccccc3)NC(=O)[C@@H](C1)O2. The molecule has 42 heavy (non-hydrogen) atoms. The van der Waals surface area contributed by atoms with Gasteiger partial charge in [0.1, 0.15) is 12.1 Å². The number of nitrogens with zero attached hydrogens (tertiary/aromatic N) is 4. The van der Waals surface area contributed by atoms with E-state index in [1.807, 2.05) is 44.2 Å². The smallest absolute Gasteiger partial charge is 0.275 e. The Bertz CT molecular complexity index is 1300. The molecule has 1 aromatic carbocycles. The van der Waals surface area contributed by atoms with E-state index in [9.17, 15) is 24.0 Å². The Kier molecular flexibility index (Phi) is 10.2. The Morgan fingerprint density at radius 2 is 1.79 bits per heavy atom. The standard InChI is InChI=1S/C28H37N7O6S/c1-16(2)10-20-25(37)29-12-19-13-35(28(40)24-17(3)32-42-33-24)14-22(41-19)26(38)31-21(11-18-8-6-5-7-9-18)27(39)34(4)15-23(36)30-20/h5-9,16,19-22H,10-15H2,1-4H3,(H,29,37)(H,30,36)(H,31,38)/t19-,20+,21-,22-/m1/s1. The van der Waals surface area contributed by atoms with Crippen LogP contribution in [0.3, 0.4) is 0 Å². The van der Waals surface area contributed by atoms with Crippen LogP contribution in [0.25, 0.3) is 0 Å². The number of carbonyl (C=O) groups is 5. The lowest BCUT2D eigenvalue weighted by molar-refractivity contribution is -0.148. The topological polar surface area (TPSA) is 163 Å². The largest absolute Gasteiger partial charge is 0.360 e. The fourth-order valence-corrected chi connectivity index (χ4v) is 5.53. The third-order valence-electron chi connectivity index (χ3n) is 7.12. The predicted molar refractivity (Wildman–Crippen MR) is 153 cm³/mol. The van der Waals surface area contributed by atoms with E-state index in [0.29, 0.717) is 12.1 Å². The number of rotatable bonds is 5. The molecule has 0 spiro atoms. The second-order valence-electron chi connectivity index (χ2n) is 11.1. The van der Waals surface area contributed by atoms with Crippen molar-refractivity contribution < 1.29 is 28.7 Å². The van der Waals surface area contributed by atoms with Crippen molar-refractivity contribution in [1.29, 1.82) is 0 Å². The van der Waals surface area contributed by atoms with E-state index < -0.39 is 53.8 Å². The molecule has 226 valence electrons. The number of amides is 5. The Balaban J connectivity index is 1.65. The lowest BCUT2D eigenvalue weighted by atomic mass is 10.0. The van der Waals surface area contributed by atoms with Gasteiger partial charge < -0.3 is 30.5 Å². The quantitative estimate of drug-likeness (QED) is 0.429. The van der Waals surface area contributed by atoms with E-state index in [2.05, 4.69) is 24.7 Å². The molecular weight excluding hydrogens is 562 g/mol.